The second-order valence-corrected chi connectivity index (χ2v) is 0.923. The van der Waals surface area contributed by atoms with Gasteiger partial charge in [-0.1, -0.05) is 0 Å². The first kappa shape index (κ1) is 6.56. The minimum absolute atomic E-state index is 0. The maximum atomic E-state index is 4.55. The van der Waals surface area contributed by atoms with Gasteiger partial charge in [-0.05, 0) is 12.2 Å². The van der Waals surface area contributed by atoms with Gasteiger partial charge in [0.1, 0.15) is 6.26 Å². The quantitative estimate of drug-likeness (QED) is 0.579. The van der Waals surface area contributed by atoms with Crippen LogP contribution >= 0.6 is 17.0 Å². The highest BCUT2D eigenvalue weighted by Crippen LogP contribution is 1.80. The van der Waals surface area contributed by atoms with E-state index in [1.807, 2.05) is 6.08 Å². The van der Waals surface area contributed by atoms with E-state index < -0.39 is 0 Å². The van der Waals surface area contributed by atoms with Gasteiger partial charge in [-0.2, -0.15) is 0 Å². The molecule has 0 saturated heterocycles. The van der Waals surface area contributed by atoms with Crippen LogP contribution < -0.4 is 5.48 Å². The number of rotatable bonds is 0. The molecule has 0 fully saturated rings. The van der Waals surface area contributed by atoms with Crippen LogP contribution in [-0.4, -0.2) is 0 Å². The highest BCUT2D eigenvalue weighted by molar-refractivity contribution is 8.93. The van der Waals surface area contributed by atoms with Crippen LogP contribution in [0.15, 0.2) is 24.6 Å². The van der Waals surface area contributed by atoms with Crippen LogP contribution in [0.4, 0.5) is 0 Å². The summed E-state index contributed by atoms with van der Waals surface area (Å²) in [4.78, 5) is 4.55. The third-order valence-corrected chi connectivity index (χ3v) is 0.490. The zero-order valence-electron chi connectivity index (χ0n) is 3.63. The molecule has 1 rings (SSSR count). The Kier molecular flexibility index (Phi) is 3.50. The molecule has 0 spiro atoms. The van der Waals surface area contributed by atoms with Crippen molar-refractivity contribution in [3.63, 3.8) is 0 Å². The average Bonchev–Trinajstić information content (AvgIpc) is 1.72. The molecule has 0 aromatic carbocycles. The van der Waals surface area contributed by atoms with Gasteiger partial charge in [0.2, 0.25) is 0 Å². The molecule has 0 bridgehead atoms. The molecular formula is C4H6BrNO. The Balaban J connectivity index is 0.000000360. The highest BCUT2D eigenvalue weighted by atomic mass is 79.9. The van der Waals surface area contributed by atoms with Gasteiger partial charge >= 0.3 is 0 Å². The van der Waals surface area contributed by atoms with Crippen molar-refractivity contribution < 1.29 is 4.84 Å². The molecule has 0 radical (unpaired) electrons. The Morgan fingerprint density at radius 1 is 1.29 bits per heavy atom. The fourth-order valence-electron chi connectivity index (χ4n) is 0.258. The van der Waals surface area contributed by atoms with Crippen molar-refractivity contribution in [2.24, 2.45) is 0 Å². The Bertz CT molecular complexity index is 77.7. The predicted molar refractivity (Wildman–Crippen MR) is 32.8 cm³/mol. The third-order valence-electron chi connectivity index (χ3n) is 0.490. The van der Waals surface area contributed by atoms with Gasteiger partial charge in [-0.3, -0.25) is 0 Å². The summed E-state index contributed by atoms with van der Waals surface area (Å²) in [6.07, 6.45) is 6.93. The van der Waals surface area contributed by atoms with Crippen molar-refractivity contribution in [1.29, 1.82) is 0 Å². The molecule has 40 valence electrons. The summed E-state index contributed by atoms with van der Waals surface area (Å²) >= 11 is 0. The van der Waals surface area contributed by atoms with E-state index in [1.165, 1.54) is 0 Å². The van der Waals surface area contributed by atoms with E-state index in [0.29, 0.717) is 0 Å². The normalized spacial score (nSPS) is 13.7. The van der Waals surface area contributed by atoms with Gasteiger partial charge in [0.05, 0.1) is 0 Å². The number of halogens is 1. The van der Waals surface area contributed by atoms with Crippen molar-refractivity contribution in [1.82, 2.24) is 5.48 Å². The smallest absolute Gasteiger partial charge is 0.119 e. The summed E-state index contributed by atoms with van der Waals surface area (Å²) in [6.45, 7) is 0. The summed E-state index contributed by atoms with van der Waals surface area (Å²) in [5.41, 5.74) is 2.52. The van der Waals surface area contributed by atoms with Crippen molar-refractivity contribution in [2.75, 3.05) is 0 Å². The topological polar surface area (TPSA) is 21.3 Å². The van der Waals surface area contributed by atoms with Crippen molar-refractivity contribution >= 4 is 17.0 Å². The van der Waals surface area contributed by atoms with Crippen LogP contribution in [0.1, 0.15) is 0 Å². The van der Waals surface area contributed by atoms with Crippen LogP contribution in [0.25, 0.3) is 0 Å². The molecule has 1 aliphatic rings. The maximum absolute atomic E-state index is 4.55. The number of hydroxylamine groups is 1. The van der Waals surface area contributed by atoms with Gasteiger partial charge in [-0.15, -0.1) is 17.0 Å². The van der Waals surface area contributed by atoms with Crippen LogP contribution in [-0.2, 0) is 4.84 Å². The van der Waals surface area contributed by atoms with Gasteiger partial charge < -0.3 is 4.84 Å². The lowest BCUT2D eigenvalue weighted by molar-refractivity contribution is 0.172. The molecule has 3 heteroatoms. The Morgan fingerprint density at radius 3 is 2.29 bits per heavy atom. The molecule has 0 saturated carbocycles. The maximum Gasteiger partial charge on any atom is 0.119 e. The first-order chi connectivity index (χ1) is 3.00. The van der Waals surface area contributed by atoms with E-state index in [-0.39, 0.29) is 17.0 Å². The Labute approximate surface area is 52.6 Å². The minimum Gasteiger partial charge on any atom is -0.391 e. The molecule has 7 heavy (non-hydrogen) atoms. The van der Waals surface area contributed by atoms with E-state index in [0.717, 1.165) is 0 Å². The number of nitrogens with one attached hydrogen (secondary N) is 1. The summed E-state index contributed by atoms with van der Waals surface area (Å²) in [6, 6.07) is 0. The molecule has 2 nitrogen and oxygen atoms in total. The van der Waals surface area contributed by atoms with Gasteiger partial charge in [0, 0.05) is 6.20 Å². The lowest BCUT2D eigenvalue weighted by Gasteiger charge is -1.97. The van der Waals surface area contributed by atoms with E-state index >= 15 is 0 Å². The molecule has 0 amide bonds. The average molecular weight is 164 g/mol. The first-order valence-electron chi connectivity index (χ1n) is 1.73. The summed E-state index contributed by atoms with van der Waals surface area (Å²) < 4.78 is 0. The number of hydrogen-bond donors (Lipinski definition) is 1. The van der Waals surface area contributed by atoms with Crippen LogP contribution in [0, 0.1) is 0 Å². The van der Waals surface area contributed by atoms with E-state index in [2.05, 4.69) is 10.3 Å². The zero-order valence-corrected chi connectivity index (χ0v) is 5.34. The Morgan fingerprint density at radius 2 is 2.14 bits per heavy atom. The summed E-state index contributed by atoms with van der Waals surface area (Å²) in [5.74, 6) is 0. The number of allylic oxidation sites excluding steroid dienone is 2. The molecule has 0 aromatic heterocycles. The SMILES string of the molecule is Br.C1=CNOC=C1. The second-order valence-electron chi connectivity index (χ2n) is 0.923. The first-order valence-corrected chi connectivity index (χ1v) is 1.73. The molecule has 1 aliphatic heterocycles. The molecule has 0 atom stereocenters. The van der Waals surface area contributed by atoms with Gasteiger partial charge in [0.25, 0.3) is 0 Å². The van der Waals surface area contributed by atoms with Gasteiger partial charge in [0.15, 0.2) is 0 Å². The van der Waals surface area contributed by atoms with Crippen molar-refractivity contribution in [2.45, 2.75) is 0 Å². The highest BCUT2D eigenvalue weighted by Gasteiger charge is 1.72. The van der Waals surface area contributed by atoms with Crippen molar-refractivity contribution in [3.05, 3.63) is 24.6 Å². The van der Waals surface area contributed by atoms with Crippen molar-refractivity contribution in [3.8, 4) is 0 Å². The lowest BCUT2D eigenvalue weighted by atomic mass is 10.6. The summed E-state index contributed by atoms with van der Waals surface area (Å²) in [7, 11) is 0. The molecular weight excluding hydrogens is 158 g/mol. The zero-order chi connectivity index (χ0) is 4.24. The lowest BCUT2D eigenvalue weighted by Crippen LogP contribution is -2.01. The van der Waals surface area contributed by atoms with Crippen LogP contribution in [0.2, 0.25) is 0 Å². The fraction of sp³-hybridized carbons (Fsp3) is 0. The number of hydrogen-bond acceptors (Lipinski definition) is 2. The molecule has 0 aromatic rings. The van der Waals surface area contributed by atoms with E-state index in [9.17, 15) is 0 Å². The third kappa shape index (κ3) is 2.28. The minimum atomic E-state index is 0. The molecule has 1 heterocycles. The van der Waals surface area contributed by atoms with Gasteiger partial charge in [-0.25, -0.2) is 5.48 Å². The largest absolute Gasteiger partial charge is 0.391 e. The molecule has 0 unspecified atom stereocenters. The fourth-order valence-corrected chi connectivity index (χ4v) is 0.258. The monoisotopic (exact) mass is 163 g/mol. The van der Waals surface area contributed by atoms with E-state index in [1.54, 1.807) is 18.5 Å². The van der Waals surface area contributed by atoms with Crippen LogP contribution in [0.5, 0.6) is 0 Å². The Hall–Kier alpha value is -0.440. The standard InChI is InChI=1S/C4H5NO.BrH/c1-2-4-6-5-3-1;/h1-5H;1H. The molecule has 0 aliphatic carbocycles. The van der Waals surface area contributed by atoms with E-state index in [4.69, 9.17) is 0 Å². The molecule has 1 N–H and O–H groups in total. The summed E-state index contributed by atoms with van der Waals surface area (Å²) in [5, 5.41) is 0. The predicted octanol–water partition coefficient (Wildman–Crippen LogP) is 1.13. The second kappa shape index (κ2) is 3.74. The van der Waals surface area contributed by atoms with Crippen LogP contribution in [0.3, 0.4) is 0 Å².